The first-order valence-corrected chi connectivity index (χ1v) is 9.49. The highest BCUT2D eigenvalue weighted by Crippen LogP contribution is 2.41. The van der Waals surface area contributed by atoms with E-state index in [2.05, 4.69) is 16.3 Å². The van der Waals surface area contributed by atoms with Crippen molar-refractivity contribution in [2.45, 2.75) is 18.9 Å². The van der Waals surface area contributed by atoms with Crippen molar-refractivity contribution < 1.29 is 4.79 Å². The van der Waals surface area contributed by atoms with Crippen molar-refractivity contribution in [2.24, 2.45) is 5.92 Å². The summed E-state index contributed by atoms with van der Waals surface area (Å²) in [5, 5.41) is 7.56. The van der Waals surface area contributed by atoms with E-state index in [-0.39, 0.29) is 17.9 Å². The summed E-state index contributed by atoms with van der Waals surface area (Å²) in [4.78, 5) is 16.2. The largest absolute Gasteiger partial charge is 0.335 e. The quantitative estimate of drug-likeness (QED) is 0.896. The maximum Gasteiger partial charge on any atom is 0.230 e. The summed E-state index contributed by atoms with van der Waals surface area (Å²) in [5.41, 5.74) is 2.12. The van der Waals surface area contributed by atoms with Crippen molar-refractivity contribution in [2.75, 3.05) is 12.3 Å². The number of aromatic amines is 1. The van der Waals surface area contributed by atoms with E-state index in [9.17, 15) is 4.79 Å². The van der Waals surface area contributed by atoms with E-state index in [1.165, 1.54) is 0 Å². The molecule has 2 unspecified atom stereocenters. The Kier molecular flexibility index (Phi) is 4.37. The van der Waals surface area contributed by atoms with Gasteiger partial charge in [0.15, 0.2) is 0 Å². The highest BCUT2D eigenvalue weighted by molar-refractivity contribution is 8.08. The second-order valence-electron chi connectivity index (χ2n) is 6.15. The number of rotatable bonds is 3. The van der Waals surface area contributed by atoms with Crippen LogP contribution in [0, 0.1) is 5.92 Å². The molecule has 1 fully saturated rings. The van der Waals surface area contributed by atoms with Crippen molar-refractivity contribution >= 4 is 34.2 Å². The van der Waals surface area contributed by atoms with Crippen molar-refractivity contribution in [3.63, 3.8) is 0 Å². The first kappa shape index (κ1) is 15.8. The molecule has 2 aliphatic rings. The average molecular weight is 360 g/mol. The third kappa shape index (κ3) is 2.87. The first-order chi connectivity index (χ1) is 11.7. The molecule has 1 N–H and O–H groups in total. The van der Waals surface area contributed by atoms with Gasteiger partial charge in [0.05, 0.1) is 18.2 Å². The van der Waals surface area contributed by atoms with Gasteiger partial charge < -0.3 is 4.90 Å². The van der Waals surface area contributed by atoms with E-state index in [0.717, 1.165) is 46.2 Å². The minimum Gasteiger partial charge on any atom is -0.335 e. The molecule has 1 aromatic carbocycles. The second kappa shape index (κ2) is 6.65. The Morgan fingerprint density at radius 3 is 3.04 bits per heavy atom. The summed E-state index contributed by atoms with van der Waals surface area (Å²) in [6, 6.07) is 7.96. The minimum absolute atomic E-state index is 0.0667. The zero-order valence-corrected chi connectivity index (χ0v) is 14.7. The van der Waals surface area contributed by atoms with Gasteiger partial charge in [-0.1, -0.05) is 35.9 Å². The fraction of sp³-hybridized carbons (Fsp3) is 0.333. The van der Waals surface area contributed by atoms with Gasteiger partial charge >= 0.3 is 0 Å². The molecule has 3 heterocycles. The molecule has 2 aromatic rings. The fourth-order valence-electron chi connectivity index (χ4n) is 3.48. The van der Waals surface area contributed by atoms with Crippen LogP contribution in [0.25, 0.3) is 4.91 Å². The fourth-order valence-corrected chi connectivity index (χ4v) is 4.88. The number of amides is 1. The van der Waals surface area contributed by atoms with Crippen LogP contribution in [0.5, 0.6) is 0 Å². The Hall–Kier alpha value is -1.72. The van der Waals surface area contributed by atoms with Gasteiger partial charge in [-0.3, -0.25) is 9.89 Å². The van der Waals surface area contributed by atoms with Crippen molar-refractivity contribution in [3.05, 3.63) is 58.9 Å². The molecule has 124 valence electrons. The average Bonchev–Trinajstić information content (AvgIpc) is 3.34. The lowest BCUT2D eigenvalue weighted by molar-refractivity contribution is -0.134. The SMILES string of the molecule is O=C(C1C=C(c2cn[nH]c2)SC1)N1CCCC1c1ccccc1Cl. The number of benzene rings is 1. The van der Waals surface area contributed by atoms with Crippen LogP contribution in [-0.2, 0) is 4.79 Å². The van der Waals surface area contributed by atoms with Crippen LogP contribution in [0.15, 0.2) is 42.7 Å². The van der Waals surface area contributed by atoms with E-state index in [1.54, 1.807) is 18.0 Å². The molecular formula is C18H18ClN3OS. The van der Waals surface area contributed by atoms with Crippen LogP contribution in [0.3, 0.4) is 0 Å². The summed E-state index contributed by atoms with van der Waals surface area (Å²) in [6.07, 6.45) is 7.76. The number of thioether (sulfide) groups is 1. The van der Waals surface area contributed by atoms with E-state index >= 15 is 0 Å². The maximum absolute atomic E-state index is 13.1. The van der Waals surface area contributed by atoms with Gasteiger partial charge in [0.1, 0.15) is 0 Å². The van der Waals surface area contributed by atoms with Gasteiger partial charge in [0, 0.05) is 34.0 Å². The lowest BCUT2D eigenvalue weighted by Gasteiger charge is -2.27. The monoisotopic (exact) mass is 359 g/mol. The van der Waals surface area contributed by atoms with Crippen molar-refractivity contribution in [1.82, 2.24) is 15.1 Å². The Morgan fingerprint density at radius 1 is 1.38 bits per heavy atom. The predicted octanol–water partition coefficient (Wildman–Crippen LogP) is 4.13. The van der Waals surface area contributed by atoms with Crippen LogP contribution in [0.1, 0.15) is 30.0 Å². The zero-order chi connectivity index (χ0) is 16.5. The third-order valence-electron chi connectivity index (χ3n) is 4.67. The van der Waals surface area contributed by atoms with Crippen LogP contribution in [0.4, 0.5) is 0 Å². The highest BCUT2D eigenvalue weighted by atomic mass is 35.5. The van der Waals surface area contributed by atoms with Crippen LogP contribution < -0.4 is 0 Å². The molecule has 0 radical (unpaired) electrons. The molecular weight excluding hydrogens is 342 g/mol. The molecule has 4 rings (SSSR count). The van der Waals surface area contributed by atoms with Gasteiger partial charge in [-0.2, -0.15) is 5.10 Å². The van der Waals surface area contributed by atoms with Crippen LogP contribution in [0.2, 0.25) is 5.02 Å². The van der Waals surface area contributed by atoms with Crippen LogP contribution >= 0.6 is 23.4 Å². The Morgan fingerprint density at radius 2 is 2.25 bits per heavy atom. The number of likely N-dealkylation sites (tertiary alicyclic amines) is 1. The number of hydrogen-bond acceptors (Lipinski definition) is 3. The summed E-state index contributed by atoms with van der Waals surface area (Å²) >= 11 is 8.08. The molecule has 0 aliphatic carbocycles. The molecule has 0 bridgehead atoms. The highest BCUT2D eigenvalue weighted by Gasteiger charge is 2.35. The van der Waals surface area contributed by atoms with Gasteiger partial charge in [-0.25, -0.2) is 0 Å². The van der Waals surface area contributed by atoms with Gasteiger partial charge in [-0.05, 0) is 24.5 Å². The lowest BCUT2D eigenvalue weighted by atomic mass is 10.0. The molecule has 2 atom stereocenters. The number of aromatic nitrogens is 2. The van der Waals surface area contributed by atoms with Crippen molar-refractivity contribution in [3.8, 4) is 0 Å². The van der Waals surface area contributed by atoms with E-state index in [0.29, 0.717) is 0 Å². The van der Waals surface area contributed by atoms with Crippen LogP contribution in [-0.4, -0.2) is 33.3 Å². The first-order valence-electron chi connectivity index (χ1n) is 8.12. The molecule has 24 heavy (non-hydrogen) atoms. The zero-order valence-electron chi connectivity index (χ0n) is 13.1. The molecule has 0 saturated carbocycles. The molecule has 1 amide bonds. The summed E-state index contributed by atoms with van der Waals surface area (Å²) in [6.45, 7) is 0.810. The summed E-state index contributed by atoms with van der Waals surface area (Å²) in [7, 11) is 0. The predicted molar refractivity (Wildman–Crippen MR) is 97.7 cm³/mol. The normalized spacial score (nSPS) is 23.5. The molecule has 6 heteroatoms. The number of carbonyl (C=O) groups excluding carboxylic acids is 1. The number of halogens is 1. The second-order valence-corrected chi connectivity index (χ2v) is 7.62. The van der Waals surface area contributed by atoms with Gasteiger partial charge in [-0.15, -0.1) is 11.8 Å². The Labute approximate surface area is 150 Å². The topological polar surface area (TPSA) is 49.0 Å². The summed E-state index contributed by atoms with van der Waals surface area (Å²) in [5.74, 6) is 0.942. The Balaban J connectivity index is 1.55. The molecule has 1 aromatic heterocycles. The summed E-state index contributed by atoms with van der Waals surface area (Å²) < 4.78 is 0. The molecule has 1 saturated heterocycles. The number of H-pyrrole nitrogens is 1. The maximum atomic E-state index is 13.1. The lowest BCUT2D eigenvalue weighted by Crippen LogP contribution is -2.35. The number of carbonyl (C=O) groups is 1. The third-order valence-corrected chi connectivity index (χ3v) is 6.22. The van der Waals surface area contributed by atoms with Gasteiger partial charge in [0.2, 0.25) is 5.91 Å². The molecule has 0 spiro atoms. The number of nitrogens with zero attached hydrogens (tertiary/aromatic N) is 2. The van der Waals surface area contributed by atoms with Crippen molar-refractivity contribution in [1.29, 1.82) is 0 Å². The van der Waals surface area contributed by atoms with E-state index in [4.69, 9.17) is 11.6 Å². The van der Waals surface area contributed by atoms with E-state index < -0.39 is 0 Å². The minimum atomic E-state index is -0.0667. The Bertz CT molecular complexity index is 774. The molecule has 2 aliphatic heterocycles. The smallest absolute Gasteiger partial charge is 0.230 e. The van der Waals surface area contributed by atoms with E-state index in [1.807, 2.05) is 35.4 Å². The van der Waals surface area contributed by atoms with Gasteiger partial charge in [0.25, 0.3) is 0 Å². The number of hydrogen-bond donors (Lipinski definition) is 1. The molecule has 4 nitrogen and oxygen atoms in total. The number of nitrogens with one attached hydrogen (secondary N) is 1. The standard InChI is InChI=1S/C18H18ClN3OS/c19-15-5-2-1-4-14(15)16-6-3-7-22(16)18(23)12-8-17(24-11-12)13-9-20-21-10-13/h1-2,4-5,8-10,12,16H,3,6-7,11H2,(H,20,21).